The molecule has 1 unspecified atom stereocenters. The van der Waals surface area contributed by atoms with E-state index < -0.39 is 12.1 Å². The maximum atomic E-state index is 10.7. The summed E-state index contributed by atoms with van der Waals surface area (Å²) in [5, 5.41) is 10.2. The number of carbonyl (C=O) groups is 1. The molecule has 11 heteroatoms. The van der Waals surface area contributed by atoms with Crippen LogP contribution in [-0.2, 0) is 9.53 Å². The van der Waals surface area contributed by atoms with Gasteiger partial charge in [0.25, 0.3) is 0 Å². The molecule has 2 heterocycles. The largest absolute Gasteiger partial charge is 0.404 e. The Labute approximate surface area is 151 Å². The van der Waals surface area contributed by atoms with E-state index in [1.807, 2.05) is 27.7 Å². The number of carbonyl (C=O) groups excluding carboxylic acids is 1. The number of primary amides is 1. The fraction of sp³-hybridized carbons (Fsp3) is 0.533. The van der Waals surface area contributed by atoms with E-state index in [9.17, 15) is 4.79 Å². The van der Waals surface area contributed by atoms with Crippen LogP contribution in [0.25, 0.3) is 0 Å². The first-order valence-corrected chi connectivity index (χ1v) is 8.20. The number of nitrogens with two attached hydrogens (primary N) is 1. The highest BCUT2D eigenvalue weighted by Gasteiger charge is 2.15. The number of ether oxygens (including phenoxy) is 2. The molecule has 1 amide bonds. The lowest BCUT2D eigenvalue weighted by molar-refractivity contribution is -0.124. The Morgan fingerprint density at radius 3 is 2.27 bits per heavy atom. The average Bonchev–Trinajstić information content (AvgIpc) is 2.52. The molecule has 1 aromatic rings. The topological polar surface area (TPSA) is 149 Å². The molecule has 0 fully saturated rings. The zero-order valence-corrected chi connectivity index (χ0v) is 15.2. The smallest absolute Gasteiger partial charge is 0.330 e. The molecular formula is C15H24N8O3. The fourth-order valence-corrected chi connectivity index (χ4v) is 1.84. The van der Waals surface area contributed by atoms with Crippen LogP contribution in [0, 0.1) is 0 Å². The number of hydrogen-bond donors (Lipinski definition) is 4. The van der Waals surface area contributed by atoms with Crippen LogP contribution in [0.3, 0.4) is 0 Å². The molecule has 5 N–H and O–H groups in total. The molecular weight excluding hydrogens is 340 g/mol. The van der Waals surface area contributed by atoms with Crippen LogP contribution >= 0.6 is 0 Å². The molecule has 0 bridgehead atoms. The molecule has 11 nitrogen and oxygen atoms in total. The lowest BCUT2D eigenvalue weighted by atomic mass is 10.4. The first-order chi connectivity index (χ1) is 12.3. The molecule has 0 aliphatic carbocycles. The molecule has 0 saturated heterocycles. The Morgan fingerprint density at radius 1 is 1.19 bits per heavy atom. The summed E-state index contributed by atoms with van der Waals surface area (Å²) in [4.78, 5) is 23.5. The SMILES string of the molecule is CC(C)Nc1nc(NC(C)C)nc(OC2=NNC(OCC(N)=O)C=C2)n1. The third kappa shape index (κ3) is 6.51. The summed E-state index contributed by atoms with van der Waals surface area (Å²) in [7, 11) is 0. The van der Waals surface area contributed by atoms with Crippen LogP contribution in [0.4, 0.5) is 11.9 Å². The Morgan fingerprint density at radius 2 is 1.81 bits per heavy atom. The highest BCUT2D eigenvalue weighted by molar-refractivity contribution is 5.89. The van der Waals surface area contributed by atoms with Crippen LogP contribution in [-0.4, -0.2) is 51.7 Å². The maximum Gasteiger partial charge on any atom is 0.330 e. The monoisotopic (exact) mass is 364 g/mol. The number of hydrazone groups is 1. The van der Waals surface area contributed by atoms with Crippen molar-refractivity contribution in [3.05, 3.63) is 12.2 Å². The van der Waals surface area contributed by atoms with E-state index in [0.29, 0.717) is 11.9 Å². The summed E-state index contributed by atoms with van der Waals surface area (Å²) >= 11 is 0. The molecule has 1 aromatic heterocycles. The highest BCUT2D eigenvalue weighted by Crippen LogP contribution is 2.14. The van der Waals surface area contributed by atoms with Crippen LogP contribution in [0.15, 0.2) is 17.3 Å². The minimum absolute atomic E-state index is 0.0907. The normalized spacial score (nSPS) is 16.2. The van der Waals surface area contributed by atoms with Crippen molar-refractivity contribution in [3.8, 4) is 6.01 Å². The molecule has 142 valence electrons. The fourth-order valence-electron chi connectivity index (χ4n) is 1.84. The summed E-state index contributed by atoms with van der Waals surface area (Å²) in [6, 6.07) is 0.385. The van der Waals surface area contributed by atoms with Crippen molar-refractivity contribution >= 4 is 23.7 Å². The number of amides is 1. The van der Waals surface area contributed by atoms with Gasteiger partial charge in [-0.2, -0.15) is 15.0 Å². The van der Waals surface area contributed by atoms with Gasteiger partial charge in [-0.05, 0) is 33.8 Å². The van der Waals surface area contributed by atoms with Gasteiger partial charge in [0.2, 0.25) is 23.7 Å². The standard InChI is InChI=1S/C15H24N8O3/c1-8(2)17-13-19-14(18-9(3)4)21-15(20-13)26-12-6-5-11(22-23-12)25-7-10(16)24/h5-6,8-9,11,22H,7H2,1-4H3,(H2,16,24)(H2,17,18,19,20,21). The van der Waals surface area contributed by atoms with Crippen molar-refractivity contribution in [1.29, 1.82) is 0 Å². The van der Waals surface area contributed by atoms with E-state index in [-0.39, 0.29) is 30.6 Å². The summed E-state index contributed by atoms with van der Waals surface area (Å²) in [6.45, 7) is 7.69. The molecule has 0 radical (unpaired) electrons. The van der Waals surface area contributed by atoms with Crippen molar-refractivity contribution in [2.75, 3.05) is 17.2 Å². The quantitative estimate of drug-likeness (QED) is 0.507. The Balaban J connectivity index is 2.06. The van der Waals surface area contributed by atoms with Gasteiger partial charge in [-0.25, -0.2) is 0 Å². The molecule has 1 aliphatic rings. The molecule has 1 atom stereocenters. The minimum Gasteiger partial charge on any atom is -0.404 e. The third-order valence-electron chi connectivity index (χ3n) is 2.77. The van der Waals surface area contributed by atoms with Crippen molar-refractivity contribution in [3.63, 3.8) is 0 Å². The lowest BCUT2D eigenvalue weighted by Gasteiger charge is -2.17. The van der Waals surface area contributed by atoms with Crippen molar-refractivity contribution in [1.82, 2.24) is 20.4 Å². The van der Waals surface area contributed by atoms with Crippen LogP contribution < -0.4 is 26.5 Å². The highest BCUT2D eigenvalue weighted by atomic mass is 16.5. The van der Waals surface area contributed by atoms with Crippen LogP contribution in [0.1, 0.15) is 27.7 Å². The van der Waals surface area contributed by atoms with Gasteiger partial charge in [-0.1, -0.05) is 0 Å². The molecule has 0 aromatic carbocycles. The van der Waals surface area contributed by atoms with Crippen molar-refractivity contribution in [2.45, 2.75) is 46.0 Å². The zero-order chi connectivity index (χ0) is 19.1. The number of rotatable bonds is 8. The summed E-state index contributed by atoms with van der Waals surface area (Å²) in [5.74, 6) is 0.459. The van der Waals surface area contributed by atoms with Crippen LogP contribution in [0.2, 0.25) is 0 Å². The van der Waals surface area contributed by atoms with Crippen LogP contribution in [0.5, 0.6) is 6.01 Å². The maximum absolute atomic E-state index is 10.7. The van der Waals surface area contributed by atoms with E-state index in [0.717, 1.165) is 0 Å². The predicted molar refractivity (Wildman–Crippen MR) is 96.6 cm³/mol. The number of aromatic nitrogens is 3. The first-order valence-electron chi connectivity index (χ1n) is 8.20. The Bertz CT molecular complexity index is 661. The molecule has 26 heavy (non-hydrogen) atoms. The van der Waals surface area contributed by atoms with Gasteiger partial charge in [0.15, 0.2) is 6.23 Å². The van der Waals surface area contributed by atoms with Crippen molar-refractivity contribution < 1.29 is 14.3 Å². The number of nitrogens with one attached hydrogen (secondary N) is 3. The zero-order valence-electron chi connectivity index (χ0n) is 15.2. The Kier molecular flexibility index (Phi) is 6.67. The molecule has 0 saturated carbocycles. The van der Waals surface area contributed by atoms with Gasteiger partial charge in [0, 0.05) is 18.2 Å². The first kappa shape index (κ1) is 19.4. The van der Waals surface area contributed by atoms with Gasteiger partial charge >= 0.3 is 6.01 Å². The number of hydrogen-bond acceptors (Lipinski definition) is 10. The Hall–Kier alpha value is -2.95. The second-order valence-corrected chi connectivity index (χ2v) is 6.10. The predicted octanol–water partition coefficient (Wildman–Crippen LogP) is 0.192. The minimum atomic E-state index is -0.565. The second kappa shape index (κ2) is 8.94. The van der Waals surface area contributed by atoms with E-state index in [2.05, 4.69) is 36.1 Å². The van der Waals surface area contributed by atoms with E-state index in [1.54, 1.807) is 12.2 Å². The molecule has 2 rings (SSSR count). The van der Waals surface area contributed by atoms with E-state index >= 15 is 0 Å². The number of anilines is 2. The van der Waals surface area contributed by atoms with Gasteiger partial charge in [-0.15, -0.1) is 5.10 Å². The number of nitrogens with zero attached hydrogens (tertiary/aromatic N) is 4. The van der Waals surface area contributed by atoms with Gasteiger partial charge in [-0.3, -0.25) is 10.2 Å². The summed E-state index contributed by atoms with van der Waals surface area (Å²) in [5.41, 5.74) is 7.71. The molecule has 1 aliphatic heterocycles. The van der Waals surface area contributed by atoms with Crippen molar-refractivity contribution in [2.24, 2.45) is 10.8 Å². The average molecular weight is 364 g/mol. The third-order valence-corrected chi connectivity index (χ3v) is 2.77. The molecule has 0 spiro atoms. The lowest BCUT2D eigenvalue weighted by Crippen LogP contribution is -2.34. The van der Waals surface area contributed by atoms with Gasteiger partial charge < -0.3 is 25.8 Å². The van der Waals surface area contributed by atoms with E-state index in [4.69, 9.17) is 15.2 Å². The van der Waals surface area contributed by atoms with Gasteiger partial charge in [0.1, 0.15) is 6.61 Å². The summed E-state index contributed by atoms with van der Waals surface area (Å²) < 4.78 is 10.8. The van der Waals surface area contributed by atoms with E-state index in [1.165, 1.54) is 0 Å². The second-order valence-electron chi connectivity index (χ2n) is 6.10. The van der Waals surface area contributed by atoms with Gasteiger partial charge in [0.05, 0.1) is 0 Å². The summed E-state index contributed by atoms with van der Waals surface area (Å²) in [6.07, 6.45) is 2.65.